The van der Waals surface area contributed by atoms with Gasteiger partial charge in [-0.05, 0) is 44.9 Å². The zero-order valence-corrected chi connectivity index (χ0v) is 12.1. The van der Waals surface area contributed by atoms with Gasteiger partial charge in [-0.3, -0.25) is 4.79 Å². The Bertz CT molecular complexity index is 367. The highest BCUT2D eigenvalue weighted by Crippen LogP contribution is 2.23. The van der Waals surface area contributed by atoms with E-state index in [9.17, 15) is 9.59 Å². The molecular weight excluding hydrogens is 254 g/mol. The molecule has 20 heavy (non-hydrogen) atoms. The van der Waals surface area contributed by atoms with Crippen molar-refractivity contribution >= 4 is 11.9 Å². The Balaban J connectivity index is 1.45. The fourth-order valence-corrected chi connectivity index (χ4v) is 3.20. The Morgan fingerprint density at radius 1 is 0.800 bits per heavy atom. The molecule has 3 amide bonds. The van der Waals surface area contributed by atoms with E-state index in [-0.39, 0.29) is 11.9 Å². The zero-order chi connectivity index (χ0) is 13.9. The number of rotatable bonds is 2. The van der Waals surface area contributed by atoms with E-state index in [0.29, 0.717) is 11.9 Å². The van der Waals surface area contributed by atoms with Gasteiger partial charge in [-0.25, -0.2) is 4.79 Å². The summed E-state index contributed by atoms with van der Waals surface area (Å²) < 4.78 is 0. The minimum atomic E-state index is 0.0661. The van der Waals surface area contributed by atoms with Crippen LogP contribution in [0.4, 0.5) is 4.79 Å². The summed E-state index contributed by atoms with van der Waals surface area (Å²) in [5.74, 6) is 0.463. The van der Waals surface area contributed by atoms with Crippen LogP contribution >= 0.6 is 0 Å². The number of nitrogens with one attached hydrogen (secondary N) is 1. The van der Waals surface area contributed by atoms with Crippen LogP contribution in [0.2, 0.25) is 0 Å². The van der Waals surface area contributed by atoms with Crippen molar-refractivity contribution in [3.63, 3.8) is 0 Å². The van der Waals surface area contributed by atoms with Crippen LogP contribution in [0.1, 0.15) is 44.9 Å². The van der Waals surface area contributed by atoms with Gasteiger partial charge in [0.05, 0.1) is 0 Å². The maximum atomic E-state index is 12.4. The molecule has 2 heterocycles. The highest BCUT2D eigenvalue weighted by Gasteiger charge is 2.32. The molecule has 3 rings (SSSR count). The molecule has 0 aromatic carbocycles. The predicted molar refractivity (Wildman–Crippen MR) is 76.3 cm³/mol. The van der Waals surface area contributed by atoms with Gasteiger partial charge in [0.15, 0.2) is 0 Å². The molecule has 0 radical (unpaired) electrons. The van der Waals surface area contributed by atoms with Gasteiger partial charge >= 0.3 is 6.03 Å². The Hall–Kier alpha value is -1.26. The molecule has 0 aromatic rings. The Morgan fingerprint density at radius 3 is 2.05 bits per heavy atom. The maximum absolute atomic E-state index is 12.4. The Kier molecular flexibility index (Phi) is 4.13. The average Bonchev–Trinajstić information content (AvgIpc) is 3.31. The summed E-state index contributed by atoms with van der Waals surface area (Å²) in [5, 5.41) is 3.02. The lowest BCUT2D eigenvalue weighted by Gasteiger charge is -2.35. The van der Waals surface area contributed by atoms with Crippen LogP contribution in [0.3, 0.4) is 0 Å². The van der Waals surface area contributed by atoms with Crippen LogP contribution in [0, 0.1) is 5.92 Å². The Morgan fingerprint density at radius 2 is 1.45 bits per heavy atom. The minimum Gasteiger partial charge on any atom is -0.342 e. The molecule has 0 atom stereocenters. The summed E-state index contributed by atoms with van der Waals surface area (Å²) in [6.07, 6.45) is 7.44. The minimum absolute atomic E-state index is 0.0661. The smallest absolute Gasteiger partial charge is 0.317 e. The molecule has 5 heteroatoms. The molecule has 0 unspecified atom stereocenters. The maximum Gasteiger partial charge on any atom is 0.317 e. The van der Waals surface area contributed by atoms with Crippen LogP contribution in [-0.4, -0.2) is 54.0 Å². The van der Waals surface area contributed by atoms with Crippen molar-refractivity contribution in [2.45, 2.75) is 51.0 Å². The number of hydrogen-bond acceptors (Lipinski definition) is 2. The van der Waals surface area contributed by atoms with E-state index < -0.39 is 0 Å². The summed E-state index contributed by atoms with van der Waals surface area (Å²) in [6, 6.07) is 0.478. The first-order valence-electron chi connectivity index (χ1n) is 8.08. The molecule has 1 aliphatic carbocycles. The van der Waals surface area contributed by atoms with Crippen molar-refractivity contribution in [2.24, 2.45) is 5.92 Å². The molecule has 1 saturated carbocycles. The fraction of sp³-hybridized carbons (Fsp3) is 0.867. The van der Waals surface area contributed by atoms with Gasteiger partial charge < -0.3 is 15.1 Å². The van der Waals surface area contributed by atoms with Crippen molar-refractivity contribution in [1.82, 2.24) is 15.1 Å². The molecule has 3 fully saturated rings. The predicted octanol–water partition coefficient (Wildman–Crippen LogP) is 1.58. The van der Waals surface area contributed by atoms with E-state index in [1.807, 2.05) is 9.80 Å². The van der Waals surface area contributed by atoms with E-state index in [4.69, 9.17) is 0 Å². The van der Waals surface area contributed by atoms with Crippen LogP contribution < -0.4 is 5.32 Å². The number of amides is 3. The van der Waals surface area contributed by atoms with E-state index >= 15 is 0 Å². The van der Waals surface area contributed by atoms with Crippen molar-refractivity contribution in [1.29, 1.82) is 0 Å². The second-order valence-corrected chi connectivity index (χ2v) is 6.37. The zero-order valence-electron chi connectivity index (χ0n) is 12.1. The molecule has 0 spiro atoms. The van der Waals surface area contributed by atoms with Crippen LogP contribution in [0.15, 0.2) is 0 Å². The van der Waals surface area contributed by atoms with Gasteiger partial charge in [0.1, 0.15) is 0 Å². The average molecular weight is 279 g/mol. The van der Waals surface area contributed by atoms with Gasteiger partial charge in [0.2, 0.25) is 5.91 Å². The lowest BCUT2D eigenvalue weighted by Crippen LogP contribution is -2.48. The number of nitrogens with zero attached hydrogens (tertiary/aromatic N) is 2. The van der Waals surface area contributed by atoms with E-state index in [0.717, 1.165) is 64.7 Å². The molecule has 0 bridgehead atoms. The third-order valence-corrected chi connectivity index (χ3v) is 4.70. The molecule has 1 N–H and O–H groups in total. The number of carbonyl (C=O) groups is 2. The lowest BCUT2D eigenvalue weighted by molar-refractivity contribution is -0.137. The van der Waals surface area contributed by atoms with Gasteiger partial charge in [-0.2, -0.15) is 0 Å². The van der Waals surface area contributed by atoms with Gasteiger partial charge in [-0.1, -0.05) is 0 Å². The highest BCUT2D eigenvalue weighted by atomic mass is 16.2. The van der Waals surface area contributed by atoms with Crippen molar-refractivity contribution in [3.8, 4) is 0 Å². The highest BCUT2D eigenvalue weighted by molar-refractivity contribution is 5.80. The molecular formula is C15H25N3O2. The normalized spacial score (nSPS) is 24.6. The number of carbonyl (C=O) groups excluding carboxylic acids is 2. The van der Waals surface area contributed by atoms with Crippen molar-refractivity contribution in [2.75, 3.05) is 26.2 Å². The molecule has 5 nitrogen and oxygen atoms in total. The molecule has 2 saturated heterocycles. The third-order valence-electron chi connectivity index (χ3n) is 4.70. The van der Waals surface area contributed by atoms with Crippen LogP contribution in [-0.2, 0) is 4.79 Å². The summed E-state index contributed by atoms with van der Waals surface area (Å²) in [4.78, 5) is 28.3. The number of hydrogen-bond donors (Lipinski definition) is 1. The van der Waals surface area contributed by atoms with Crippen LogP contribution in [0.5, 0.6) is 0 Å². The number of piperidine rings is 2. The van der Waals surface area contributed by atoms with Crippen molar-refractivity contribution < 1.29 is 9.59 Å². The lowest BCUT2D eigenvalue weighted by atomic mass is 9.94. The monoisotopic (exact) mass is 279 g/mol. The second kappa shape index (κ2) is 6.02. The van der Waals surface area contributed by atoms with Crippen molar-refractivity contribution in [3.05, 3.63) is 0 Å². The largest absolute Gasteiger partial charge is 0.342 e. The van der Waals surface area contributed by atoms with E-state index in [2.05, 4.69) is 5.32 Å². The summed E-state index contributed by atoms with van der Waals surface area (Å²) in [6.45, 7) is 3.31. The summed E-state index contributed by atoms with van der Waals surface area (Å²) in [7, 11) is 0. The summed E-state index contributed by atoms with van der Waals surface area (Å²) in [5.41, 5.74) is 0. The molecule has 2 aliphatic heterocycles. The van der Waals surface area contributed by atoms with Gasteiger partial charge in [0.25, 0.3) is 0 Å². The first kappa shape index (κ1) is 13.7. The quantitative estimate of drug-likeness (QED) is 0.834. The second-order valence-electron chi connectivity index (χ2n) is 6.37. The topological polar surface area (TPSA) is 52.7 Å². The first-order chi connectivity index (χ1) is 9.74. The Labute approximate surface area is 120 Å². The molecule has 112 valence electrons. The fourth-order valence-electron chi connectivity index (χ4n) is 3.20. The van der Waals surface area contributed by atoms with Gasteiger partial charge in [-0.15, -0.1) is 0 Å². The standard InChI is InChI=1S/C15H25N3O2/c19-14(17-8-2-1-3-9-17)12-6-10-18(11-7-12)15(20)16-13-4-5-13/h12-13H,1-11H2,(H,16,20). The summed E-state index contributed by atoms with van der Waals surface area (Å²) >= 11 is 0. The molecule has 0 aromatic heterocycles. The first-order valence-corrected chi connectivity index (χ1v) is 8.08. The van der Waals surface area contributed by atoms with E-state index in [1.165, 1.54) is 6.42 Å². The van der Waals surface area contributed by atoms with Crippen LogP contribution in [0.25, 0.3) is 0 Å². The van der Waals surface area contributed by atoms with E-state index in [1.54, 1.807) is 0 Å². The number of likely N-dealkylation sites (tertiary alicyclic amines) is 2. The third kappa shape index (κ3) is 3.25. The number of urea groups is 1. The SMILES string of the molecule is O=C(NC1CC1)N1CCC(C(=O)N2CCCCC2)CC1. The van der Waals surface area contributed by atoms with Gasteiger partial charge in [0, 0.05) is 38.1 Å². The molecule has 3 aliphatic rings.